The number of fused-ring (bicyclic) bond motifs is 2. The number of likely N-dealkylation sites (tertiary alicyclic amines) is 1. The molecule has 1 aliphatic carbocycles. The summed E-state index contributed by atoms with van der Waals surface area (Å²) in [4.78, 5) is 28.4. The van der Waals surface area contributed by atoms with E-state index in [0.29, 0.717) is 23.3 Å². The maximum Gasteiger partial charge on any atom is 0.356 e. The van der Waals surface area contributed by atoms with E-state index in [0.717, 1.165) is 49.3 Å². The summed E-state index contributed by atoms with van der Waals surface area (Å²) in [6.45, 7) is 2.74. The Hall–Kier alpha value is -2.15. The summed E-state index contributed by atoms with van der Waals surface area (Å²) < 4.78 is 4.97. The van der Waals surface area contributed by atoms with Gasteiger partial charge in [-0.25, -0.2) is 4.79 Å². The molecular weight excluding hydrogens is 350 g/mol. The number of rotatable bonds is 3. The van der Waals surface area contributed by atoms with Gasteiger partial charge in [-0.3, -0.25) is 4.79 Å². The molecule has 2 aliphatic heterocycles. The Morgan fingerprint density at radius 2 is 2.04 bits per heavy atom. The highest BCUT2D eigenvalue weighted by Crippen LogP contribution is 2.39. The molecule has 0 bridgehead atoms. The number of piperidine rings is 1. The summed E-state index contributed by atoms with van der Waals surface area (Å²) >= 11 is 1.24. The second-order valence-corrected chi connectivity index (χ2v) is 8.50. The Balaban J connectivity index is 1.40. The number of carbonyl (C=O) groups excluding carboxylic acids is 1. The number of carboxylic acids is 1. The first-order valence-electron chi connectivity index (χ1n) is 9.30. The van der Waals surface area contributed by atoms with E-state index >= 15 is 0 Å². The highest BCUT2D eigenvalue weighted by atomic mass is 32.1. The molecule has 1 N–H and O–H groups in total. The fourth-order valence-electron chi connectivity index (χ4n) is 4.51. The second kappa shape index (κ2) is 5.94. The van der Waals surface area contributed by atoms with Crippen molar-refractivity contribution < 1.29 is 14.7 Å². The molecule has 1 amide bonds. The Morgan fingerprint density at radius 1 is 1.19 bits per heavy atom. The number of carbonyl (C=O) groups is 2. The van der Waals surface area contributed by atoms with Crippen LogP contribution in [0.2, 0.25) is 0 Å². The summed E-state index contributed by atoms with van der Waals surface area (Å²) in [5.74, 6) is 0.208. The zero-order chi connectivity index (χ0) is 17.8. The minimum absolute atomic E-state index is 0.132. The molecule has 1 aromatic heterocycles. The van der Waals surface area contributed by atoms with Crippen molar-refractivity contribution in [1.29, 1.82) is 0 Å². The van der Waals surface area contributed by atoms with Crippen molar-refractivity contribution in [2.75, 3.05) is 24.5 Å². The lowest BCUT2D eigenvalue weighted by Gasteiger charge is -2.37. The van der Waals surface area contributed by atoms with Crippen molar-refractivity contribution >= 4 is 39.2 Å². The number of anilines is 1. The Labute approximate surface area is 155 Å². The van der Waals surface area contributed by atoms with Gasteiger partial charge in [0.2, 0.25) is 5.91 Å². The molecule has 136 valence electrons. The molecule has 0 radical (unpaired) electrons. The molecule has 2 saturated heterocycles. The molecule has 0 spiro atoms. The normalized spacial score (nSPS) is 25.5. The lowest BCUT2D eigenvalue weighted by atomic mass is 9.92. The van der Waals surface area contributed by atoms with E-state index in [2.05, 4.69) is 14.2 Å². The summed E-state index contributed by atoms with van der Waals surface area (Å²) in [6.07, 6.45) is 4.40. The van der Waals surface area contributed by atoms with Crippen LogP contribution in [0.3, 0.4) is 0 Å². The minimum Gasteiger partial charge on any atom is -0.476 e. The van der Waals surface area contributed by atoms with Crippen molar-refractivity contribution in [3.63, 3.8) is 0 Å². The monoisotopic (exact) mass is 371 g/mol. The SMILES string of the molecule is O=C(O)c1nsc2cc(N3CC4CCCN(C(=O)C5CC5)C4C3)ccc12. The van der Waals surface area contributed by atoms with Crippen LogP contribution >= 0.6 is 11.5 Å². The van der Waals surface area contributed by atoms with Gasteiger partial charge in [-0.2, -0.15) is 4.37 Å². The van der Waals surface area contributed by atoms with E-state index in [9.17, 15) is 14.7 Å². The Kier molecular flexibility index (Phi) is 3.67. The number of nitrogens with zero attached hydrogens (tertiary/aromatic N) is 3. The van der Waals surface area contributed by atoms with Crippen molar-refractivity contribution in [2.45, 2.75) is 31.7 Å². The highest BCUT2D eigenvalue weighted by Gasteiger charge is 2.44. The van der Waals surface area contributed by atoms with E-state index in [1.165, 1.54) is 18.0 Å². The second-order valence-electron chi connectivity index (χ2n) is 7.70. The molecule has 2 unspecified atom stereocenters. The maximum absolute atomic E-state index is 12.6. The predicted molar refractivity (Wildman–Crippen MR) is 99.7 cm³/mol. The summed E-state index contributed by atoms with van der Waals surface area (Å²) in [5, 5.41) is 9.92. The van der Waals surface area contributed by atoms with Gasteiger partial charge >= 0.3 is 5.97 Å². The number of hydrogen-bond donors (Lipinski definition) is 1. The molecular formula is C19H21N3O3S. The third kappa shape index (κ3) is 2.57. The largest absolute Gasteiger partial charge is 0.476 e. The highest BCUT2D eigenvalue weighted by molar-refractivity contribution is 7.13. The van der Waals surface area contributed by atoms with Crippen molar-refractivity contribution in [2.24, 2.45) is 11.8 Å². The topological polar surface area (TPSA) is 73.7 Å². The first kappa shape index (κ1) is 16.1. The van der Waals surface area contributed by atoms with E-state index in [-0.39, 0.29) is 11.6 Å². The number of benzene rings is 1. The van der Waals surface area contributed by atoms with Crippen LogP contribution in [-0.4, -0.2) is 51.9 Å². The third-order valence-corrected chi connectivity index (χ3v) is 6.82. The summed E-state index contributed by atoms with van der Waals surface area (Å²) in [6, 6.07) is 6.23. The zero-order valence-electron chi connectivity index (χ0n) is 14.4. The molecule has 2 aromatic rings. The lowest BCUT2D eigenvalue weighted by Crippen LogP contribution is -2.49. The van der Waals surface area contributed by atoms with Crippen LogP contribution in [-0.2, 0) is 4.79 Å². The molecule has 3 aliphatic rings. The van der Waals surface area contributed by atoms with Gasteiger partial charge in [-0.15, -0.1) is 0 Å². The van der Waals surface area contributed by atoms with Gasteiger partial charge in [0.25, 0.3) is 0 Å². The molecule has 1 saturated carbocycles. The zero-order valence-corrected chi connectivity index (χ0v) is 15.2. The number of hydrogen-bond acceptors (Lipinski definition) is 5. The van der Waals surface area contributed by atoms with Crippen molar-refractivity contribution in [3.05, 3.63) is 23.9 Å². The molecule has 5 rings (SSSR count). The first-order chi connectivity index (χ1) is 12.6. The van der Waals surface area contributed by atoms with Gasteiger partial charge in [-0.1, -0.05) is 0 Å². The first-order valence-corrected chi connectivity index (χ1v) is 10.1. The fourth-order valence-corrected chi connectivity index (χ4v) is 5.31. The maximum atomic E-state index is 12.6. The van der Waals surface area contributed by atoms with Crippen LogP contribution in [0.25, 0.3) is 10.1 Å². The lowest BCUT2D eigenvalue weighted by molar-refractivity contribution is -0.136. The fraction of sp³-hybridized carbons (Fsp3) is 0.526. The van der Waals surface area contributed by atoms with Crippen LogP contribution in [0.15, 0.2) is 18.2 Å². The van der Waals surface area contributed by atoms with Crippen LogP contribution in [0, 0.1) is 11.8 Å². The van der Waals surface area contributed by atoms with Gasteiger partial charge < -0.3 is 14.9 Å². The van der Waals surface area contributed by atoms with Gasteiger partial charge in [-0.05, 0) is 61.3 Å². The molecule has 3 heterocycles. The van der Waals surface area contributed by atoms with Crippen LogP contribution in [0.4, 0.5) is 5.69 Å². The van der Waals surface area contributed by atoms with E-state index in [4.69, 9.17) is 0 Å². The number of aromatic nitrogens is 1. The van der Waals surface area contributed by atoms with Gasteiger partial charge in [0.1, 0.15) is 0 Å². The molecule has 26 heavy (non-hydrogen) atoms. The van der Waals surface area contributed by atoms with E-state index in [1.807, 2.05) is 18.2 Å². The number of carboxylic acid groups (broad SMARTS) is 1. The standard InChI is InChI=1S/C19H21N3O3S/c23-18(11-3-4-11)22-7-1-2-12-9-21(10-15(12)22)13-5-6-14-16(8-13)26-20-17(14)19(24)25/h5-6,8,11-12,15H,1-4,7,9-10H2,(H,24,25). The summed E-state index contributed by atoms with van der Waals surface area (Å²) in [7, 11) is 0. The molecule has 7 heteroatoms. The van der Waals surface area contributed by atoms with Crippen LogP contribution in [0.1, 0.15) is 36.2 Å². The molecule has 3 fully saturated rings. The molecule has 1 aromatic carbocycles. The Morgan fingerprint density at radius 3 is 2.81 bits per heavy atom. The van der Waals surface area contributed by atoms with Crippen LogP contribution in [0.5, 0.6) is 0 Å². The number of amides is 1. The van der Waals surface area contributed by atoms with Gasteiger partial charge in [0, 0.05) is 36.6 Å². The van der Waals surface area contributed by atoms with Crippen molar-refractivity contribution in [3.8, 4) is 0 Å². The summed E-state index contributed by atoms with van der Waals surface area (Å²) in [5.41, 5.74) is 1.24. The smallest absolute Gasteiger partial charge is 0.356 e. The quantitative estimate of drug-likeness (QED) is 0.898. The average Bonchev–Trinajstić information content (AvgIpc) is 3.25. The van der Waals surface area contributed by atoms with Gasteiger partial charge in [0.15, 0.2) is 5.69 Å². The van der Waals surface area contributed by atoms with E-state index in [1.54, 1.807) is 0 Å². The average molecular weight is 371 g/mol. The third-order valence-electron chi connectivity index (χ3n) is 6.01. The number of aromatic carboxylic acids is 1. The minimum atomic E-state index is -0.981. The van der Waals surface area contributed by atoms with Crippen molar-refractivity contribution in [1.82, 2.24) is 9.27 Å². The predicted octanol–water partition coefficient (Wildman–Crippen LogP) is 2.83. The molecule has 2 atom stereocenters. The Bertz CT molecular complexity index is 891. The molecule has 6 nitrogen and oxygen atoms in total. The van der Waals surface area contributed by atoms with E-state index < -0.39 is 5.97 Å². The van der Waals surface area contributed by atoms with Crippen LogP contribution < -0.4 is 4.90 Å². The van der Waals surface area contributed by atoms with Gasteiger partial charge in [0.05, 0.1) is 10.7 Å².